The molecule has 1 heterocycles. The summed E-state index contributed by atoms with van der Waals surface area (Å²) in [5.74, 6) is 1.92. The van der Waals surface area contributed by atoms with Crippen LogP contribution in [0.2, 0.25) is 0 Å². The van der Waals surface area contributed by atoms with Crippen LogP contribution in [0.5, 0.6) is 0 Å². The number of amides is 1. The standard InChI is InChI=1S/C21H30N4O3.HI/c1-5-22-20(24-12-11-23-19(26)17-9-7-6-8-10-17)25-14-21(4,27)18-13-15(2)28-16(18)3;/h6-10,13,27H,5,11-12,14H2,1-4H3,(H,23,26)(H2,22,24,25);1H. The average molecular weight is 514 g/mol. The summed E-state index contributed by atoms with van der Waals surface area (Å²) in [6.45, 7) is 9.20. The zero-order valence-corrected chi connectivity index (χ0v) is 19.7. The summed E-state index contributed by atoms with van der Waals surface area (Å²) >= 11 is 0. The van der Waals surface area contributed by atoms with Gasteiger partial charge in [0, 0.05) is 30.8 Å². The summed E-state index contributed by atoms with van der Waals surface area (Å²) in [7, 11) is 0. The van der Waals surface area contributed by atoms with Crippen LogP contribution in [-0.2, 0) is 5.60 Å². The Bertz CT molecular complexity index is 804. The van der Waals surface area contributed by atoms with Gasteiger partial charge in [-0.05, 0) is 45.9 Å². The highest BCUT2D eigenvalue weighted by molar-refractivity contribution is 14.0. The maximum atomic E-state index is 12.0. The number of hydrogen-bond acceptors (Lipinski definition) is 4. The minimum absolute atomic E-state index is 0. The summed E-state index contributed by atoms with van der Waals surface area (Å²) in [6.07, 6.45) is 0. The minimum Gasteiger partial charge on any atom is -0.466 e. The normalized spacial score (nSPS) is 13.2. The molecule has 160 valence electrons. The van der Waals surface area contributed by atoms with Crippen molar-refractivity contribution in [3.63, 3.8) is 0 Å². The SMILES string of the molecule is CCNC(=NCC(C)(O)c1cc(C)oc1C)NCCNC(=O)c1ccccc1.I. The van der Waals surface area contributed by atoms with E-state index in [9.17, 15) is 9.90 Å². The van der Waals surface area contributed by atoms with E-state index in [-0.39, 0.29) is 36.4 Å². The first kappa shape index (κ1) is 25.0. The average Bonchev–Trinajstić information content (AvgIpc) is 3.02. The zero-order valence-electron chi connectivity index (χ0n) is 17.4. The topological polar surface area (TPSA) is 98.9 Å². The molecule has 0 saturated heterocycles. The van der Waals surface area contributed by atoms with Gasteiger partial charge < -0.3 is 25.5 Å². The molecule has 0 spiro atoms. The van der Waals surface area contributed by atoms with Gasteiger partial charge in [-0.2, -0.15) is 0 Å². The number of benzene rings is 1. The predicted octanol–water partition coefficient (Wildman–Crippen LogP) is 2.71. The Labute approximate surface area is 189 Å². The molecule has 0 radical (unpaired) electrons. The van der Waals surface area contributed by atoms with Crippen molar-refractivity contribution in [3.05, 3.63) is 59.0 Å². The largest absolute Gasteiger partial charge is 0.466 e. The number of aryl methyl sites for hydroxylation is 2. The number of hydrogen-bond donors (Lipinski definition) is 4. The summed E-state index contributed by atoms with van der Waals surface area (Å²) < 4.78 is 5.51. The van der Waals surface area contributed by atoms with E-state index < -0.39 is 5.60 Å². The summed E-state index contributed by atoms with van der Waals surface area (Å²) in [5, 5.41) is 19.9. The van der Waals surface area contributed by atoms with Gasteiger partial charge in [0.2, 0.25) is 0 Å². The third-order valence-electron chi connectivity index (χ3n) is 4.25. The Hall–Kier alpha value is -2.07. The molecule has 1 atom stereocenters. The van der Waals surface area contributed by atoms with E-state index in [2.05, 4.69) is 20.9 Å². The smallest absolute Gasteiger partial charge is 0.251 e. The van der Waals surface area contributed by atoms with Crippen molar-refractivity contribution >= 4 is 35.8 Å². The van der Waals surface area contributed by atoms with Crippen LogP contribution in [0.25, 0.3) is 0 Å². The van der Waals surface area contributed by atoms with Crippen molar-refractivity contribution in [3.8, 4) is 0 Å². The molecule has 1 amide bonds. The minimum atomic E-state index is -1.13. The maximum absolute atomic E-state index is 12.0. The van der Waals surface area contributed by atoms with E-state index in [4.69, 9.17) is 4.42 Å². The quantitative estimate of drug-likeness (QED) is 0.188. The van der Waals surface area contributed by atoms with Gasteiger partial charge in [-0.1, -0.05) is 18.2 Å². The molecular weight excluding hydrogens is 483 g/mol. The lowest BCUT2D eigenvalue weighted by molar-refractivity contribution is 0.0657. The van der Waals surface area contributed by atoms with Gasteiger partial charge in [0.15, 0.2) is 5.96 Å². The fourth-order valence-electron chi connectivity index (χ4n) is 2.87. The molecule has 7 nitrogen and oxygen atoms in total. The molecular formula is C21H31IN4O3. The fraction of sp³-hybridized carbons (Fsp3) is 0.429. The molecule has 8 heteroatoms. The number of nitrogens with zero attached hydrogens (tertiary/aromatic N) is 1. The molecule has 0 aliphatic heterocycles. The predicted molar refractivity (Wildman–Crippen MR) is 126 cm³/mol. The Morgan fingerprint density at radius 3 is 2.38 bits per heavy atom. The molecule has 4 N–H and O–H groups in total. The summed E-state index contributed by atoms with van der Waals surface area (Å²) in [4.78, 5) is 16.5. The highest BCUT2D eigenvalue weighted by Crippen LogP contribution is 2.27. The van der Waals surface area contributed by atoms with E-state index in [0.29, 0.717) is 36.9 Å². The van der Waals surface area contributed by atoms with Crippen LogP contribution in [0.15, 0.2) is 45.8 Å². The van der Waals surface area contributed by atoms with E-state index in [1.807, 2.05) is 45.0 Å². The van der Waals surface area contributed by atoms with Crippen LogP contribution in [0.4, 0.5) is 0 Å². The van der Waals surface area contributed by atoms with Crippen LogP contribution in [0.1, 0.15) is 41.3 Å². The molecule has 0 fully saturated rings. The number of carbonyl (C=O) groups is 1. The Morgan fingerprint density at radius 2 is 1.79 bits per heavy atom. The summed E-state index contributed by atoms with van der Waals surface area (Å²) in [6, 6.07) is 10.9. The van der Waals surface area contributed by atoms with Crippen LogP contribution in [0.3, 0.4) is 0 Å². The monoisotopic (exact) mass is 514 g/mol. The molecule has 2 rings (SSSR count). The zero-order chi connectivity index (χ0) is 20.6. The number of carbonyl (C=O) groups excluding carboxylic acids is 1. The van der Waals surface area contributed by atoms with Gasteiger partial charge in [-0.15, -0.1) is 24.0 Å². The number of aliphatic imine (C=N–C) groups is 1. The number of rotatable bonds is 8. The van der Waals surface area contributed by atoms with Crippen LogP contribution < -0.4 is 16.0 Å². The first-order valence-corrected chi connectivity index (χ1v) is 9.49. The van der Waals surface area contributed by atoms with Crippen molar-refractivity contribution in [2.45, 2.75) is 33.3 Å². The van der Waals surface area contributed by atoms with E-state index in [1.165, 1.54) is 0 Å². The molecule has 2 aromatic rings. The fourth-order valence-corrected chi connectivity index (χ4v) is 2.87. The van der Waals surface area contributed by atoms with Crippen molar-refractivity contribution < 1.29 is 14.3 Å². The Morgan fingerprint density at radius 1 is 1.14 bits per heavy atom. The molecule has 0 aliphatic carbocycles. The molecule has 29 heavy (non-hydrogen) atoms. The summed E-state index contributed by atoms with van der Waals surface area (Å²) in [5.41, 5.74) is 0.232. The van der Waals surface area contributed by atoms with Crippen molar-refractivity contribution in [1.29, 1.82) is 0 Å². The van der Waals surface area contributed by atoms with Gasteiger partial charge in [0.1, 0.15) is 17.1 Å². The first-order chi connectivity index (χ1) is 13.3. The molecule has 0 saturated carbocycles. The molecule has 0 aliphatic rings. The van der Waals surface area contributed by atoms with E-state index >= 15 is 0 Å². The lowest BCUT2D eigenvalue weighted by Gasteiger charge is -2.21. The Kier molecular flexibility index (Phi) is 10.2. The number of furan rings is 1. The Balaban J connectivity index is 0.00000420. The molecule has 1 aromatic carbocycles. The molecule has 1 unspecified atom stereocenters. The van der Waals surface area contributed by atoms with Crippen molar-refractivity contribution in [2.75, 3.05) is 26.2 Å². The second-order valence-electron chi connectivity index (χ2n) is 6.84. The second-order valence-corrected chi connectivity index (χ2v) is 6.84. The van der Waals surface area contributed by atoms with Crippen molar-refractivity contribution in [2.24, 2.45) is 4.99 Å². The van der Waals surface area contributed by atoms with Crippen molar-refractivity contribution in [1.82, 2.24) is 16.0 Å². The second kappa shape index (κ2) is 11.8. The number of aliphatic hydroxyl groups is 1. The highest BCUT2D eigenvalue weighted by Gasteiger charge is 2.27. The van der Waals surface area contributed by atoms with Gasteiger partial charge >= 0.3 is 0 Å². The van der Waals surface area contributed by atoms with Crippen LogP contribution >= 0.6 is 24.0 Å². The maximum Gasteiger partial charge on any atom is 0.251 e. The molecule has 1 aromatic heterocycles. The lowest BCUT2D eigenvalue weighted by Crippen LogP contribution is -2.42. The van der Waals surface area contributed by atoms with Gasteiger partial charge in [-0.25, -0.2) is 4.99 Å². The van der Waals surface area contributed by atoms with Gasteiger partial charge in [0.25, 0.3) is 5.91 Å². The number of nitrogens with one attached hydrogen (secondary N) is 3. The third kappa shape index (κ3) is 7.69. The van der Waals surface area contributed by atoms with Crippen LogP contribution in [-0.4, -0.2) is 43.2 Å². The van der Waals surface area contributed by atoms with E-state index in [1.54, 1.807) is 19.1 Å². The number of halogens is 1. The first-order valence-electron chi connectivity index (χ1n) is 9.49. The van der Waals surface area contributed by atoms with Gasteiger partial charge in [-0.3, -0.25) is 4.79 Å². The highest BCUT2D eigenvalue weighted by atomic mass is 127. The molecule has 0 bridgehead atoms. The van der Waals surface area contributed by atoms with Crippen LogP contribution in [0, 0.1) is 13.8 Å². The number of guanidine groups is 1. The third-order valence-corrected chi connectivity index (χ3v) is 4.25. The van der Waals surface area contributed by atoms with Gasteiger partial charge in [0.05, 0.1) is 6.54 Å². The lowest BCUT2D eigenvalue weighted by atomic mass is 9.96. The van der Waals surface area contributed by atoms with E-state index in [0.717, 1.165) is 11.3 Å².